The van der Waals surface area contributed by atoms with E-state index in [1.54, 1.807) is 24.9 Å². The number of hydrogen-bond donors (Lipinski definition) is 1. The second kappa shape index (κ2) is 5.19. The molecule has 0 unspecified atom stereocenters. The first kappa shape index (κ1) is 13.3. The Labute approximate surface area is 138 Å². The number of rotatable bonds is 2. The first-order valence-corrected chi connectivity index (χ1v) is 7.93. The summed E-state index contributed by atoms with van der Waals surface area (Å²) in [7, 11) is 0. The lowest BCUT2D eigenvalue weighted by atomic mass is 10.0. The van der Waals surface area contributed by atoms with Gasteiger partial charge in [0.05, 0.1) is 18.2 Å². The van der Waals surface area contributed by atoms with Gasteiger partial charge in [0.1, 0.15) is 23.2 Å². The fourth-order valence-electron chi connectivity index (χ4n) is 3.39. The molecule has 0 radical (unpaired) electrons. The van der Waals surface area contributed by atoms with Crippen molar-refractivity contribution in [2.75, 3.05) is 11.4 Å². The molecule has 6 heteroatoms. The first-order valence-electron chi connectivity index (χ1n) is 7.93. The summed E-state index contributed by atoms with van der Waals surface area (Å²) in [5.74, 6) is 1.70. The molecule has 4 heterocycles. The second-order valence-electron chi connectivity index (χ2n) is 5.86. The van der Waals surface area contributed by atoms with Gasteiger partial charge in [-0.15, -0.1) is 0 Å². The zero-order valence-electron chi connectivity index (χ0n) is 12.9. The van der Waals surface area contributed by atoms with Gasteiger partial charge in [0.25, 0.3) is 0 Å². The van der Waals surface area contributed by atoms with Crippen molar-refractivity contribution < 1.29 is 4.42 Å². The number of imidazole rings is 1. The second-order valence-corrected chi connectivity index (χ2v) is 5.86. The van der Waals surface area contributed by atoms with Crippen LogP contribution >= 0.6 is 0 Å². The molecule has 6 nitrogen and oxygen atoms in total. The Bertz CT molecular complexity index is 958. The summed E-state index contributed by atoms with van der Waals surface area (Å²) >= 11 is 0. The number of nitrogens with zero attached hydrogens (tertiary/aromatic N) is 4. The maximum atomic E-state index is 6.14. The van der Waals surface area contributed by atoms with Gasteiger partial charge in [-0.3, -0.25) is 4.98 Å². The van der Waals surface area contributed by atoms with Crippen LogP contribution in [0.1, 0.15) is 23.2 Å². The third-order valence-corrected chi connectivity index (χ3v) is 4.48. The minimum absolute atomic E-state index is 0.107. The molecular formula is C18H15N5O. The molecule has 0 saturated carbocycles. The predicted molar refractivity (Wildman–Crippen MR) is 89.7 cm³/mol. The van der Waals surface area contributed by atoms with Gasteiger partial charge in [-0.25, -0.2) is 9.97 Å². The highest BCUT2D eigenvalue weighted by atomic mass is 16.3. The Balaban J connectivity index is 1.68. The van der Waals surface area contributed by atoms with Crippen molar-refractivity contribution in [1.82, 2.24) is 19.9 Å². The van der Waals surface area contributed by atoms with Crippen LogP contribution in [-0.4, -0.2) is 26.5 Å². The third kappa shape index (κ3) is 2.00. The van der Waals surface area contributed by atoms with E-state index in [1.807, 2.05) is 18.2 Å². The largest absolute Gasteiger partial charge is 0.458 e. The number of H-pyrrole nitrogens is 1. The normalized spacial score (nSPS) is 17.2. The monoisotopic (exact) mass is 317 g/mol. The van der Waals surface area contributed by atoms with Crippen LogP contribution in [0.4, 0.5) is 5.82 Å². The highest BCUT2D eigenvalue weighted by Crippen LogP contribution is 2.37. The molecule has 4 aromatic rings. The van der Waals surface area contributed by atoms with E-state index in [4.69, 9.17) is 4.42 Å². The number of anilines is 1. The van der Waals surface area contributed by atoms with Gasteiger partial charge in [-0.2, -0.15) is 0 Å². The molecule has 118 valence electrons. The van der Waals surface area contributed by atoms with E-state index in [0.717, 1.165) is 46.9 Å². The first-order chi connectivity index (χ1) is 11.9. The van der Waals surface area contributed by atoms with Crippen molar-refractivity contribution in [1.29, 1.82) is 0 Å². The molecule has 0 fully saturated rings. The van der Waals surface area contributed by atoms with Crippen LogP contribution in [0.25, 0.3) is 11.0 Å². The van der Waals surface area contributed by atoms with Gasteiger partial charge in [-0.1, -0.05) is 18.2 Å². The van der Waals surface area contributed by atoms with Crippen molar-refractivity contribution in [2.45, 2.75) is 12.5 Å². The van der Waals surface area contributed by atoms with Crippen molar-refractivity contribution in [3.63, 3.8) is 0 Å². The molecule has 1 aromatic carbocycles. The standard InChI is InChI=1S/C18H15N5O/c1-2-4-14-12(3-1)9-15(24-14)18-17-13(21-11-22-17)5-8-23(18)16-10-19-6-7-20-16/h1-4,6-7,9-11,18H,5,8H2,(H,21,22)/t18-/m1/s1. The van der Waals surface area contributed by atoms with E-state index < -0.39 is 0 Å². The van der Waals surface area contributed by atoms with Crippen LogP contribution in [0.15, 0.2) is 59.7 Å². The number of para-hydroxylation sites is 1. The van der Waals surface area contributed by atoms with Crippen LogP contribution in [0.2, 0.25) is 0 Å². The summed E-state index contributed by atoms with van der Waals surface area (Å²) in [5.41, 5.74) is 3.03. The molecule has 3 aromatic heterocycles. The zero-order valence-corrected chi connectivity index (χ0v) is 12.9. The molecular weight excluding hydrogens is 302 g/mol. The summed E-state index contributed by atoms with van der Waals surface area (Å²) in [6.45, 7) is 0.829. The lowest BCUT2D eigenvalue weighted by molar-refractivity contribution is 0.485. The molecule has 0 saturated heterocycles. The van der Waals surface area contributed by atoms with Crippen LogP contribution in [0.3, 0.4) is 0 Å². The summed E-state index contributed by atoms with van der Waals surface area (Å²) in [5, 5.41) is 1.09. The average Bonchev–Trinajstić information content (AvgIpc) is 3.28. The minimum Gasteiger partial charge on any atom is -0.458 e. The summed E-state index contributed by atoms with van der Waals surface area (Å²) in [6, 6.07) is 10.0. The number of aromatic amines is 1. The van der Waals surface area contributed by atoms with Crippen molar-refractivity contribution >= 4 is 16.8 Å². The molecule has 1 atom stereocenters. The predicted octanol–water partition coefficient (Wildman–Crippen LogP) is 3.10. The van der Waals surface area contributed by atoms with Gasteiger partial charge >= 0.3 is 0 Å². The van der Waals surface area contributed by atoms with E-state index in [0.29, 0.717) is 0 Å². The number of aromatic nitrogens is 4. The van der Waals surface area contributed by atoms with Gasteiger partial charge in [0.15, 0.2) is 0 Å². The molecule has 1 aliphatic rings. The molecule has 1 aliphatic heterocycles. The number of benzene rings is 1. The lowest BCUT2D eigenvalue weighted by Crippen LogP contribution is -2.36. The molecule has 0 bridgehead atoms. The minimum atomic E-state index is -0.107. The maximum Gasteiger partial charge on any atom is 0.148 e. The highest BCUT2D eigenvalue weighted by Gasteiger charge is 2.34. The topological polar surface area (TPSA) is 70.8 Å². The molecule has 1 N–H and O–H groups in total. The fourth-order valence-corrected chi connectivity index (χ4v) is 3.39. The molecule has 0 amide bonds. The number of furan rings is 1. The molecule has 24 heavy (non-hydrogen) atoms. The Morgan fingerprint density at radius 2 is 2.12 bits per heavy atom. The van der Waals surface area contributed by atoms with Crippen LogP contribution < -0.4 is 4.90 Å². The van der Waals surface area contributed by atoms with E-state index in [9.17, 15) is 0 Å². The summed E-state index contributed by atoms with van der Waals surface area (Å²) < 4.78 is 6.14. The van der Waals surface area contributed by atoms with E-state index >= 15 is 0 Å². The van der Waals surface area contributed by atoms with Gasteiger partial charge in [-0.05, 0) is 12.1 Å². The molecule has 5 rings (SSSR count). The average molecular weight is 317 g/mol. The van der Waals surface area contributed by atoms with Crippen LogP contribution in [-0.2, 0) is 6.42 Å². The smallest absolute Gasteiger partial charge is 0.148 e. The SMILES string of the molecule is c1ccc2oc([C@@H]3c4nc[nH]c4CCN3c3cnccn3)cc2c1. The summed E-state index contributed by atoms with van der Waals surface area (Å²) in [4.78, 5) is 18.7. The molecule has 0 spiro atoms. The lowest BCUT2D eigenvalue weighted by Gasteiger charge is -2.34. The van der Waals surface area contributed by atoms with Crippen LogP contribution in [0, 0.1) is 0 Å². The number of nitrogens with one attached hydrogen (secondary N) is 1. The van der Waals surface area contributed by atoms with Crippen LogP contribution in [0.5, 0.6) is 0 Å². The Kier molecular flexibility index (Phi) is 2.88. The van der Waals surface area contributed by atoms with Crippen molar-refractivity contribution in [3.8, 4) is 0 Å². The van der Waals surface area contributed by atoms with Crippen molar-refractivity contribution in [3.05, 3.63) is 72.4 Å². The van der Waals surface area contributed by atoms with E-state index in [2.05, 4.69) is 37.0 Å². The Morgan fingerprint density at radius 1 is 1.17 bits per heavy atom. The quantitative estimate of drug-likeness (QED) is 0.615. The van der Waals surface area contributed by atoms with Gasteiger partial charge in [0, 0.05) is 36.4 Å². The zero-order chi connectivity index (χ0) is 15.9. The van der Waals surface area contributed by atoms with Gasteiger partial charge in [0.2, 0.25) is 0 Å². The van der Waals surface area contributed by atoms with E-state index in [1.165, 1.54) is 0 Å². The third-order valence-electron chi connectivity index (χ3n) is 4.48. The fraction of sp³-hybridized carbons (Fsp3) is 0.167. The Morgan fingerprint density at radius 3 is 3.00 bits per heavy atom. The number of hydrogen-bond acceptors (Lipinski definition) is 5. The van der Waals surface area contributed by atoms with E-state index in [-0.39, 0.29) is 6.04 Å². The van der Waals surface area contributed by atoms with Crippen molar-refractivity contribution in [2.24, 2.45) is 0 Å². The molecule has 0 aliphatic carbocycles. The summed E-state index contributed by atoms with van der Waals surface area (Å²) in [6.07, 6.45) is 7.82. The Hall–Kier alpha value is -3.15. The highest BCUT2D eigenvalue weighted by molar-refractivity contribution is 5.78. The maximum absolute atomic E-state index is 6.14. The van der Waals surface area contributed by atoms with Gasteiger partial charge < -0.3 is 14.3 Å². The number of fused-ring (bicyclic) bond motifs is 2.